The Kier molecular flexibility index (Phi) is 6.98. The van der Waals surface area contributed by atoms with Crippen LogP contribution in [0.5, 0.6) is 0 Å². The summed E-state index contributed by atoms with van der Waals surface area (Å²) in [6, 6.07) is 5.06. The van der Waals surface area contributed by atoms with E-state index in [0.717, 1.165) is 17.9 Å². The first-order chi connectivity index (χ1) is 8.63. The molecule has 3 N–H and O–H groups in total. The molecule has 0 aliphatic heterocycles. The lowest BCUT2D eigenvalue weighted by Gasteiger charge is -2.08. The molecule has 1 aromatic rings. The molecule has 5 heteroatoms. The van der Waals surface area contributed by atoms with E-state index in [-0.39, 0.29) is 5.91 Å². The maximum Gasteiger partial charge on any atom is 0.224 e. The van der Waals surface area contributed by atoms with Crippen LogP contribution in [0.15, 0.2) is 18.2 Å². The molecule has 0 unspecified atom stereocenters. The summed E-state index contributed by atoms with van der Waals surface area (Å²) in [5, 5.41) is 3.35. The maximum absolute atomic E-state index is 11.7. The molecule has 0 radical (unpaired) electrons. The van der Waals surface area contributed by atoms with Crippen molar-refractivity contribution in [2.24, 2.45) is 0 Å². The minimum Gasteiger partial charge on any atom is -0.397 e. The van der Waals surface area contributed by atoms with E-state index in [1.165, 1.54) is 6.42 Å². The zero-order valence-electron chi connectivity index (χ0n) is 10.5. The van der Waals surface area contributed by atoms with Gasteiger partial charge in [0.05, 0.1) is 11.4 Å². The van der Waals surface area contributed by atoms with E-state index in [4.69, 9.17) is 17.3 Å². The monoisotopic (exact) mass is 286 g/mol. The number of nitrogens with two attached hydrogens (primary N) is 1. The zero-order chi connectivity index (χ0) is 13.4. The fourth-order valence-electron chi connectivity index (χ4n) is 1.43. The van der Waals surface area contributed by atoms with Gasteiger partial charge >= 0.3 is 0 Å². The number of thioether (sulfide) groups is 1. The van der Waals surface area contributed by atoms with Crippen molar-refractivity contribution in [1.29, 1.82) is 0 Å². The molecule has 0 fully saturated rings. The summed E-state index contributed by atoms with van der Waals surface area (Å²) in [6.45, 7) is 2.15. The molecule has 0 aromatic heterocycles. The normalized spacial score (nSPS) is 10.3. The van der Waals surface area contributed by atoms with Gasteiger partial charge in [0.25, 0.3) is 0 Å². The summed E-state index contributed by atoms with van der Waals surface area (Å²) in [6.07, 6.45) is 2.58. The second-order valence-electron chi connectivity index (χ2n) is 4.00. The lowest BCUT2D eigenvalue weighted by molar-refractivity contribution is -0.116. The highest BCUT2D eigenvalue weighted by Gasteiger charge is 2.05. The van der Waals surface area contributed by atoms with Crippen LogP contribution in [-0.2, 0) is 4.79 Å². The molecule has 0 atom stereocenters. The van der Waals surface area contributed by atoms with Gasteiger partial charge in [-0.2, -0.15) is 11.8 Å². The average Bonchev–Trinajstić information content (AvgIpc) is 2.33. The van der Waals surface area contributed by atoms with Gasteiger partial charge in [-0.1, -0.05) is 18.5 Å². The lowest BCUT2D eigenvalue weighted by Crippen LogP contribution is -2.12. The fourth-order valence-corrected chi connectivity index (χ4v) is 2.44. The molecule has 0 aliphatic carbocycles. The van der Waals surface area contributed by atoms with Crippen molar-refractivity contribution in [3.8, 4) is 0 Å². The first-order valence-electron chi connectivity index (χ1n) is 6.06. The molecule has 1 aromatic carbocycles. The molecule has 0 aliphatic rings. The largest absolute Gasteiger partial charge is 0.397 e. The molecule has 0 spiro atoms. The maximum atomic E-state index is 11.7. The second-order valence-corrected chi connectivity index (χ2v) is 5.66. The van der Waals surface area contributed by atoms with Gasteiger partial charge in [-0.15, -0.1) is 0 Å². The number of amides is 1. The molecular weight excluding hydrogens is 268 g/mol. The summed E-state index contributed by atoms with van der Waals surface area (Å²) in [7, 11) is 0. The van der Waals surface area contributed by atoms with Gasteiger partial charge in [0.15, 0.2) is 0 Å². The van der Waals surface area contributed by atoms with E-state index in [1.54, 1.807) is 18.2 Å². The third-order valence-corrected chi connectivity index (χ3v) is 3.84. The van der Waals surface area contributed by atoms with Crippen molar-refractivity contribution >= 4 is 40.6 Å². The molecule has 1 rings (SSSR count). The number of rotatable bonds is 7. The summed E-state index contributed by atoms with van der Waals surface area (Å²) in [4.78, 5) is 11.7. The molecule has 0 bridgehead atoms. The Bertz CT molecular complexity index is 399. The number of hydrogen-bond donors (Lipinski definition) is 2. The molecule has 0 heterocycles. The van der Waals surface area contributed by atoms with E-state index in [9.17, 15) is 4.79 Å². The second kappa shape index (κ2) is 8.27. The van der Waals surface area contributed by atoms with Crippen molar-refractivity contribution in [1.82, 2.24) is 0 Å². The van der Waals surface area contributed by atoms with Crippen LogP contribution in [-0.4, -0.2) is 17.4 Å². The molecule has 0 saturated heterocycles. The molecule has 100 valence electrons. The van der Waals surface area contributed by atoms with Crippen molar-refractivity contribution in [3.63, 3.8) is 0 Å². The number of halogens is 1. The Morgan fingerprint density at radius 3 is 2.94 bits per heavy atom. The molecule has 3 nitrogen and oxygen atoms in total. The van der Waals surface area contributed by atoms with Gasteiger partial charge in [0.1, 0.15) is 0 Å². The number of carbonyl (C=O) groups is 1. The third kappa shape index (κ3) is 5.65. The van der Waals surface area contributed by atoms with E-state index in [1.807, 2.05) is 11.8 Å². The number of nitrogens with one attached hydrogen (secondary N) is 1. The van der Waals surface area contributed by atoms with Gasteiger partial charge in [0, 0.05) is 11.4 Å². The predicted molar refractivity (Wildman–Crippen MR) is 81.3 cm³/mol. The van der Waals surface area contributed by atoms with Crippen molar-refractivity contribution in [2.75, 3.05) is 22.6 Å². The van der Waals surface area contributed by atoms with Crippen LogP contribution in [0.2, 0.25) is 5.02 Å². The first kappa shape index (κ1) is 15.2. The SMILES string of the molecule is CCCSCCCC(=O)Nc1cc(Cl)ccc1N. The minimum absolute atomic E-state index is 0.0129. The van der Waals surface area contributed by atoms with Crippen LogP contribution >= 0.6 is 23.4 Å². The quantitative estimate of drug-likeness (QED) is 0.592. The molecule has 1 amide bonds. The Morgan fingerprint density at radius 2 is 2.22 bits per heavy atom. The van der Waals surface area contributed by atoms with Crippen molar-refractivity contribution in [3.05, 3.63) is 23.2 Å². The lowest BCUT2D eigenvalue weighted by atomic mass is 10.2. The number of carbonyl (C=O) groups excluding carboxylic acids is 1. The Hall–Kier alpha value is -0.870. The zero-order valence-corrected chi connectivity index (χ0v) is 12.1. The highest BCUT2D eigenvalue weighted by Crippen LogP contribution is 2.23. The smallest absolute Gasteiger partial charge is 0.224 e. The van der Waals surface area contributed by atoms with Gasteiger partial charge in [-0.3, -0.25) is 4.79 Å². The van der Waals surface area contributed by atoms with Gasteiger partial charge in [-0.25, -0.2) is 0 Å². The number of nitrogen functional groups attached to an aromatic ring is 1. The summed E-state index contributed by atoms with van der Waals surface area (Å²) in [5.74, 6) is 2.16. The number of anilines is 2. The highest BCUT2D eigenvalue weighted by atomic mass is 35.5. The fraction of sp³-hybridized carbons (Fsp3) is 0.462. The summed E-state index contributed by atoms with van der Waals surface area (Å²) >= 11 is 7.73. The van der Waals surface area contributed by atoms with Gasteiger partial charge in [-0.05, 0) is 42.5 Å². The third-order valence-electron chi connectivity index (χ3n) is 2.33. The first-order valence-corrected chi connectivity index (χ1v) is 7.59. The van der Waals surface area contributed by atoms with E-state index >= 15 is 0 Å². The highest BCUT2D eigenvalue weighted by molar-refractivity contribution is 7.99. The molecule has 18 heavy (non-hydrogen) atoms. The Labute approximate surface area is 117 Å². The van der Waals surface area contributed by atoms with Crippen LogP contribution in [0, 0.1) is 0 Å². The number of hydrogen-bond acceptors (Lipinski definition) is 3. The summed E-state index contributed by atoms with van der Waals surface area (Å²) in [5.41, 5.74) is 6.88. The standard InChI is InChI=1S/C13H19ClN2OS/c1-2-7-18-8-3-4-13(17)16-12-9-10(14)5-6-11(12)15/h5-6,9H,2-4,7-8,15H2,1H3,(H,16,17). The van der Waals surface area contributed by atoms with E-state index in [2.05, 4.69) is 12.2 Å². The van der Waals surface area contributed by atoms with Gasteiger partial charge < -0.3 is 11.1 Å². The Morgan fingerprint density at radius 1 is 1.44 bits per heavy atom. The van der Waals surface area contributed by atoms with Crippen LogP contribution in [0.1, 0.15) is 26.2 Å². The average molecular weight is 287 g/mol. The molecular formula is C13H19ClN2OS. The van der Waals surface area contributed by atoms with Crippen molar-refractivity contribution in [2.45, 2.75) is 26.2 Å². The van der Waals surface area contributed by atoms with Crippen LogP contribution in [0.3, 0.4) is 0 Å². The Balaban J connectivity index is 2.33. The minimum atomic E-state index is -0.0129. The van der Waals surface area contributed by atoms with E-state index in [0.29, 0.717) is 22.8 Å². The number of benzene rings is 1. The van der Waals surface area contributed by atoms with Gasteiger partial charge in [0.2, 0.25) is 5.91 Å². The topological polar surface area (TPSA) is 55.1 Å². The van der Waals surface area contributed by atoms with Crippen LogP contribution in [0.25, 0.3) is 0 Å². The van der Waals surface area contributed by atoms with Crippen LogP contribution < -0.4 is 11.1 Å². The van der Waals surface area contributed by atoms with Crippen LogP contribution in [0.4, 0.5) is 11.4 Å². The molecule has 0 saturated carbocycles. The predicted octanol–water partition coefficient (Wildman–Crippen LogP) is 3.78. The van der Waals surface area contributed by atoms with Crippen molar-refractivity contribution < 1.29 is 4.79 Å². The van der Waals surface area contributed by atoms with E-state index < -0.39 is 0 Å². The summed E-state index contributed by atoms with van der Waals surface area (Å²) < 4.78 is 0.